The van der Waals surface area contributed by atoms with Gasteiger partial charge in [-0.25, -0.2) is 0 Å². The van der Waals surface area contributed by atoms with Crippen LogP contribution in [0.4, 0.5) is 0 Å². The Labute approximate surface area is 67.6 Å². The third-order valence-corrected chi connectivity index (χ3v) is 1.65. The summed E-state index contributed by atoms with van der Waals surface area (Å²) in [5.41, 5.74) is 4.95. The van der Waals surface area contributed by atoms with E-state index in [1.54, 1.807) is 0 Å². The van der Waals surface area contributed by atoms with E-state index in [9.17, 15) is 4.79 Å². The molecule has 0 aliphatic rings. The van der Waals surface area contributed by atoms with Gasteiger partial charge < -0.3 is 5.73 Å². The first-order valence-electron chi connectivity index (χ1n) is 3.66. The SMILES string of the molecule is NC(=O)CCCCCCS. The van der Waals surface area contributed by atoms with Crippen molar-refractivity contribution in [2.75, 3.05) is 5.75 Å². The number of hydrogen-bond acceptors (Lipinski definition) is 2. The van der Waals surface area contributed by atoms with E-state index in [2.05, 4.69) is 12.6 Å². The van der Waals surface area contributed by atoms with E-state index in [4.69, 9.17) is 5.73 Å². The number of primary amides is 1. The van der Waals surface area contributed by atoms with Crippen molar-refractivity contribution in [3.05, 3.63) is 0 Å². The largest absolute Gasteiger partial charge is 0.370 e. The maximum Gasteiger partial charge on any atom is 0.217 e. The number of rotatable bonds is 6. The number of hydrogen-bond donors (Lipinski definition) is 2. The van der Waals surface area contributed by atoms with E-state index in [-0.39, 0.29) is 5.91 Å². The molecule has 2 nitrogen and oxygen atoms in total. The van der Waals surface area contributed by atoms with Gasteiger partial charge in [0.15, 0.2) is 0 Å². The quantitative estimate of drug-likeness (QED) is 0.448. The molecule has 60 valence electrons. The minimum absolute atomic E-state index is 0.189. The summed E-state index contributed by atoms with van der Waals surface area (Å²) in [6, 6.07) is 0. The lowest BCUT2D eigenvalue weighted by Crippen LogP contribution is -2.09. The Balaban J connectivity index is 2.84. The summed E-state index contributed by atoms with van der Waals surface area (Å²) < 4.78 is 0. The monoisotopic (exact) mass is 161 g/mol. The van der Waals surface area contributed by atoms with Crippen LogP contribution in [0, 0.1) is 0 Å². The van der Waals surface area contributed by atoms with E-state index >= 15 is 0 Å². The molecule has 0 unspecified atom stereocenters. The van der Waals surface area contributed by atoms with Gasteiger partial charge in [0.2, 0.25) is 5.91 Å². The minimum atomic E-state index is -0.189. The van der Waals surface area contributed by atoms with Gasteiger partial charge in [-0.1, -0.05) is 12.8 Å². The molecular weight excluding hydrogens is 146 g/mol. The van der Waals surface area contributed by atoms with Gasteiger partial charge in [0, 0.05) is 6.42 Å². The van der Waals surface area contributed by atoms with Gasteiger partial charge in [0.25, 0.3) is 0 Å². The molecule has 0 atom stereocenters. The highest BCUT2D eigenvalue weighted by Crippen LogP contribution is 2.02. The molecule has 10 heavy (non-hydrogen) atoms. The van der Waals surface area contributed by atoms with Gasteiger partial charge in [-0.3, -0.25) is 4.79 Å². The predicted molar refractivity (Wildman–Crippen MR) is 46.1 cm³/mol. The lowest BCUT2D eigenvalue weighted by atomic mass is 10.1. The van der Waals surface area contributed by atoms with Crippen molar-refractivity contribution in [1.82, 2.24) is 0 Å². The molecule has 0 fully saturated rings. The molecule has 0 heterocycles. The normalized spacial score (nSPS) is 9.70. The van der Waals surface area contributed by atoms with E-state index < -0.39 is 0 Å². The average Bonchev–Trinajstić information content (AvgIpc) is 1.87. The summed E-state index contributed by atoms with van der Waals surface area (Å²) in [5.74, 6) is 0.752. The van der Waals surface area contributed by atoms with Crippen molar-refractivity contribution in [3.8, 4) is 0 Å². The van der Waals surface area contributed by atoms with Crippen molar-refractivity contribution < 1.29 is 4.79 Å². The molecular formula is C7H15NOS. The standard InChI is InChI=1S/C7H15NOS/c8-7(9)5-3-1-2-4-6-10/h10H,1-6H2,(H2,8,9). The topological polar surface area (TPSA) is 43.1 Å². The number of carbonyl (C=O) groups is 1. The second-order valence-corrected chi connectivity index (χ2v) is 2.80. The van der Waals surface area contributed by atoms with Crippen molar-refractivity contribution in [1.29, 1.82) is 0 Å². The zero-order valence-electron chi connectivity index (χ0n) is 6.18. The highest BCUT2D eigenvalue weighted by molar-refractivity contribution is 7.80. The molecule has 1 amide bonds. The number of carbonyl (C=O) groups excluding carboxylic acids is 1. The van der Waals surface area contributed by atoms with Gasteiger partial charge in [0.1, 0.15) is 0 Å². The summed E-state index contributed by atoms with van der Waals surface area (Å²) in [6.45, 7) is 0. The number of unbranched alkanes of at least 4 members (excludes halogenated alkanes) is 3. The van der Waals surface area contributed by atoms with E-state index in [1.165, 1.54) is 0 Å². The van der Waals surface area contributed by atoms with Crippen molar-refractivity contribution in [2.45, 2.75) is 32.1 Å². The fourth-order valence-electron chi connectivity index (χ4n) is 0.765. The van der Waals surface area contributed by atoms with Gasteiger partial charge >= 0.3 is 0 Å². The predicted octanol–water partition coefficient (Wildman–Crippen LogP) is 1.35. The maximum atomic E-state index is 10.2. The van der Waals surface area contributed by atoms with Gasteiger partial charge in [-0.2, -0.15) is 12.6 Å². The molecule has 0 saturated heterocycles. The van der Waals surface area contributed by atoms with E-state index in [0.717, 1.165) is 31.4 Å². The molecule has 2 N–H and O–H groups in total. The molecule has 0 spiro atoms. The van der Waals surface area contributed by atoms with E-state index in [1.807, 2.05) is 0 Å². The third-order valence-electron chi connectivity index (χ3n) is 1.33. The fraction of sp³-hybridized carbons (Fsp3) is 0.857. The van der Waals surface area contributed by atoms with Crippen LogP contribution in [0.3, 0.4) is 0 Å². The first-order chi connectivity index (χ1) is 4.77. The summed E-state index contributed by atoms with van der Waals surface area (Å²) in [5, 5.41) is 0. The van der Waals surface area contributed by atoms with Gasteiger partial charge in [-0.05, 0) is 18.6 Å². The van der Waals surface area contributed by atoms with Crippen LogP contribution >= 0.6 is 12.6 Å². The van der Waals surface area contributed by atoms with Crippen LogP contribution in [0.25, 0.3) is 0 Å². The Hall–Kier alpha value is -0.180. The molecule has 3 heteroatoms. The molecule has 0 saturated carbocycles. The van der Waals surface area contributed by atoms with Crippen LogP contribution in [-0.2, 0) is 4.79 Å². The molecule has 0 radical (unpaired) electrons. The lowest BCUT2D eigenvalue weighted by molar-refractivity contribution is -0.118. The van der Waals surface area contributed by atoms with Crippen LogP contribution in [0.2, 0.25) is 0 Å². The second kappa shape index (κ2) is 6.93. The third kappa shape index (κ3) is 7.82. The zero-order chi connectivity index (χ0) is 7.82. The van der Waals surface area contributed by atoms with E-state index in [0.29, 0.717) is 6.42 Å². The lowest BCUT2D eigenvalue weighted by Gasteiger charge is -1.95. The van der Waals surface area contributed by atoms with Crippen molar-refractivity contribution in [2.24, 2.45) is 5.73 Å². The molecule has 0 aromatic rings. The molecule has 0 rings (SSSR count). The molecule has 0 aromatic carbocycles. The van der Waals surface area contributed by atoms with Gasteiger partial charge in [0.05, 0.1) is 0 Å². The summed E-state index contributed by atoms with van der Waals surface area (Å²) >= 11 is 4.07. The smallest absolute Gasteiger partial charge is 0.217 e. The number of thiol groups is 1. The molecule has 0 bridgehead atoms. The summed E-state index contributed by atoms with van der Waals surface area (Å²) in [7, 11) is 0. The summed E-state index contributed by atoms with van der Waals surface area (Å²) in [4.78, 5) is 10.2. The molecule has 0 aliphatic heterocycles. The zero-order valence-corrected chi connectivity index (χ0v) is 7.07. The number of amides is 1. The van der Waals surface area contributed by atoms with Crippen LogP contribution < -0.4 is 5.73 Å². The maximum absolute atomic E-state index is 10.2. The first kappa shape index (κ1) is 9.82. The highest BCUT2D eigenvalue weighted by atomic mass is 32.1. The van der Waals surface area contributed by atoms with Crippen molar-refractivity contribution in [3.63, 3.8) is 0 Å². The summed E-state index contributed by atoms with van der Waals surface area (Å²) in [6.07, 6.45) is 4.87. The van der Waals surface area contributed by atoms with Gasteiger partial charge in [-0.15, -0.1) is 0 Å². The average molecular weight is 161 g/mol. The Bertz CT molecular complexity index is 95.6. The van der Waals surface area contributed by atoms with Crippen molar-refractivity contribution >= 4 is 18.5 Å². The Kier molecular flexibility index (Phi) is 6.81. The van der Waals surface area contributed by atoms with Crippen LogP contribution in [0.5, 0.6) is 0 Å². The molecule has 0 aliphatic carbocycles. The molecule has 0 aromatic heterocycles. The Morgan fingerprint density at radius 2 is 1.80 bits per heavy atom. The van der Waals surface area contributed by atoms with Crippen LogP contribution in [0.15, 0.2) is 0 Å². The minimum Gasteiger partial charge on any atom is -0.370 e. The Morgan fingerprint density at radius 1 is 1.20 bits per heavy atom. The second-order valence-electron chi connectivity index (χ2n) is 2.35. The fourth-order valence-corrected chi connectivity index (χ4v) is 0.988. The van der Waals surface area contributed by atoms with Crippen LogP contribution in [-0.4, -0.2) is 11.7 Å². The first-order valence-corrected chi connectivity index (χ1v) is 4.30. The number of nitrogens with two attached hydrogens (primary N) is 1. The highest BCUT2D eigenvalue weighted by Gasteiger charge is 1.92. The Morgan fingerprint density at radius 3 is 2.30 bits per heavy atom. The van der Waals surface area contributed by atoms with Crippen LogP contribution in [0.1, 0.15) is 32.1 Å².